The average molecular weight is 189 g/mol. The molecule has 0 spiro atoms. The summed E-state index contributed by atoms with van der Waals surface area (Å²) in [6, 6.07) is 2.01. The Balaban J connectivity index is 2.77. The Bertz CT molecular complexity index is 297. The van der Waals surface area contributed by atoms with Gasteiger partial charge in [-0.25, -0.2) is 13.6 Å². The van der Waals surface area contributed by atoms with Crippen molar-refractivity contribution in [1.82, 2.24) is 5.32 Å². The molecular formula is C6H11N3O2S. The van der Waals surface area contributed by atoms with Crippen LogP contribution < -0.4 is 10.5 Å². The number of primary sulfonamides is 1. The summed E-state index contributed by atoms with van der Waals surface area (Å²) in [4.78, 5) is 0. The molecule has 0 aromatic carbocycles. The van der Waals surface area contributed by atoms with Gasteiger partial charge in [0.15, 0.2) is 0 Å². The lowest BCUT2D eigenvalue weighted by atomic mass is 9.92. The number of nitriles is 1. The Morgan fingerprint density at radius 2 is 2.33 bits per heavy atom. The average Bonchev–Trinajstić information content (AvgIpc) is 2.34. The van der Waals surface area contributed by atoms with E-state index in [1.54, 1.807) is 0 Å². The molecule has 68 valence electrons. The van der Waals surface area contributed by atoms with Gasteiger partial charge in [-0.1, -0.05) is 0 Å². The molecule has 0 amide bonds. The van der Waals surface area contributed by atoms with Crippen LogP contribution in [0.2, 0.25) is 0 Å². The van der Waals surface area contributed by atoms with Gasteiger partial charge in [0.25, 0.3) is 0 Å². The van der Waals surface area contributed by atoms with Crippen molar-refractivity contribution in [2.75, 3.05) is 18.8 Å². The zero-order valence-corrected chi connectivity index (χ0v) is 7.39. The molecule has 1 rings (SSSR count). The molecule has 1 atom stereocenters. The molecule has 0 saturated carbocycles. The quantitative estimate of drug-likeness (QED) is 0.569. The lowest BCUT2D eigenvalue weighted by Gasteiger charge is -2.16. The van der Waals surface area contributed by atoms with E-state index in [4.69, 9.17) is 10.4 Å². The molecule has 1 heterocycles. The second kappa shape index (κ2) is 3.01. The fraction of sp³-hybridized carbons (Fsp3) is 0.833. The first kappa shape index (κ1) is 9.45. The summed E-state index contributed by atoms with van der Waals surface area (Å²) in [6.07, 6.45) is 0.555. The van der Waals surface area contributed by atoms with Gasteiger partial charge < -0.3 is 5.32 Å². The number of hydrogen-bond donors (Lipinski definition) is 2. The van der Waals surface area contributed by atoms with Crippen molar-refractivity contribution in [2.24, 2.45) is 10.6 Å². The van der Waals surface area contributed by atoms with E-state index in [2.05, 4.69) is 5.32 Å². The first-order valence-electron chi connectivity index (χ1n) is 3.60. The predicted molar refractivity (Wildman–Crippen MR) is 43.5 cm³/mol. The number of hydrogen-bond acceptors (Lipinski definition) is 4. The van der Waals surface area contributed by atoms with E-state index < -0.39 is 15.4 Å². The van der Waals surface area contributed by atoms with Crippen molar-refractivity contribution in [1.29, 1.82) is 5.26 Å². The maximum Gasteiger partial charge on any atom is 0.210 e. The van der Waals surface area contributed by atoms with Crippen molar-refractivity contribution in [3.8, 4) is 6.07 Å². The monoisotopic (exact) mass is 189 g/mol. The molecule has 3 N–H and O–H groups in total. The highest BCUT2D eigenvalue weighted by atomic mass is 32.2. The summed E-state index contributed by atoms with van der Waals surface area (Å²) in [7, 11) is -3.54. The molecule has 0 aromatic heterocycles. The van der Waals surface area contributed by atoms with Crippen molar-refractivity contribution in [3.05, 3.63) is 0 Å². The third kappa shape index (κ3) is 2.17. The maximum atomic E-state index is 10.8. The largest absolute Gasteiger partial charge is 0.315 e. The second-order valence-corrected chi connectivity index (χ2v) is 4.74. The smallest absolute Gasteiger partial charge is 0.210 e. The van der Waals surface area contributed by atoms with E-state index in [0.29, 0.717) is 19.5 Å². The van der Waals surface area contributed by atoms with Crippen LogP contribution >= 0.6 is 0 Å². The van der Waals surface area contributed by atoms with E-state index in [9.17, 15) is 8.42 Å². The SMILES string of the molecule is N#CC1(CS(N)(=O)=O)CCNC1. The van der Waals surface area contributed by atoms with Gasteiger partial charge in [-0.2, -0.15) is 5.26 Å². The lowest BCUT2D eigenvalue weighted by molar-refractivity contribution is 0.485. The normalized spacial score (nSPS) is 30.0. The van der Waals surface area contributed by atoms with Crippen LogP contribution in [0, 0.1) is 16.7 Å². The molecule has 1 fully saturated rings. The third-order valence-electron chi connectivity index (χ3n) is 1.96. The van der Waals surface area contributed by atoms with Gasteiger partial charge in [0.2, 0.25) is 10.0 Å². The molecule has 1 unspecified atom stereocenters. The molecule has 6 heteroatoms. The van der Waals surface area contributed by atoms with Gasteiger partial charge in [0.1, 0.15) is 0 Å². The Morgan fingerprint density at radius 1 is 1.67 bits per heavy atom. The van der Waals surface area contributed by atoms with Gasteiger partial charge >= 0.3 is 0 Å². The number of nitrogens with one attached hydrogen (secondary N) is 1. The van der Waals surface area contributed by atoms with Crippen LogP contribution in [-0.2, 0) is 10.0 Å². The van der Waals surface area contributed by atoms with Crippen LogP contribution in [0.15, 0.2) is 0 Å². The zero-order chi connectivity index (χ0) is 9.24. The molecule has 1 aliphatic rings. The van der Waals surface area contributed by atoms with Gasteiger partial charge in [0, 0.05) is 6.54 Å². The summed E-state index contributed by atoms with van der Waals surface area (Å²) in [6.45, 7) is 1.10. The topological polar surface area (TPSA) is 96.0 Å². The highest BCUT2D eigenvalue weighted by Crippen LogP contribution is 2.25. The van der Waals surface area contributed by atoms with Crippen molar-refractivity contribution < 1.29 is 8.42 Å². The molecule has 1 saturated heterocycles. The minimum Gasteiger partial charge on any atom is -0.315 e. The van der Waals surface area contributed by atoms with E-state index in [1.165, 1.54) is 0 Å². The van der Waals surface area contributed by atoms with Crippen LogP contribution in [0.5, 0.6) is 0 Å². The van der Waals surface area contributed by atoms with Gasteiger partial charge in [-0.3, -0.25) is 0 Å². The van der Waals surface area contributed by atoms with E-state index >= 15 is 0 Å². The van der Waals surface area contributed by atoms with E-state index in [1.807, 2.05) is 6.07 Å². The summed E-state index contributed by atoms with van der Waals surface area (Å²) in [5, 5.41) is 16.6. The van der Waals surface area contributed by atoms with Crippen LogP contribution in [0.4, 0.5) is 0 Å². The number of nitrogens with zero attached hydrogens (tertiary/aromatic N) is 1. The molecule has 0 aromatic rings. The van der Waals surface area contributed by atoms with Crippen molar-refractivity contribution in [2.45, 2.75) is 6.42 Å². The summed E-state index contributed by atoms with van der Waals surface area (Å²) in [5.41, 5.74) is -0.798. The zero-order valence-electron chi connectivity index (χ0n) is 6.58. The molecular weight excluding hydrogens is 178 g/mol. The van der Waals surface area contributed by atoms with Gasteiger partial charge in [-0.05, 0) is 13.0 Å². The first-order valence-corrected chi connectivity index (χ1v) is 5.31. The minimum absolute atomic E-state index is 0.247. The number of nitrogens with two attached hydrogens (primary N) is 1. The highest BCUT2D eigenvalue weighted by molar-refractivity contribution is 7.89. The fourth-order valence-electron chi connectivity index (χ4n) is 1.38. The molecule has 1 aliphatic heterocycles. The van der Waals surface area contributed by atoms with Crippen molar-refractivity contribution >= 4 is 10.0 Å². The predicted octanol–water partition coefficient (Wildman–Crippen LogP) is -1.22. The fourth-order valence-corrected chi connectivity index (χ4v) is 2.46. The Labute approximate surface area is 71.6 Å². The summed E-state index contributed by atoms with van der Waals surface area (Å²) < 4.78 is 21.5. The second-order valence-electron chi connectivity index (χ2n) is 3.13. The number of rotatable bonds is 2. The molecule has 0 bridgehead atoms. The van der Waals surface area contributed by atoms with Crippen molar-refractivity contribution in [3.63, 3.8) is 0 Å². The minimum atomic E-state index is -3.54. The Kier molecular flexibility index (Phi) is 2.37. The summed E-state index contributed by atoms with van der Waals surface area (Å²) >= 11 is 0. The Morgan fingerprint density at radius 3 is 2.67 bits per heavy atom. The van der Waals surface area contributed by atoms with Gasteiger partial charge in [-0.15, -0.1) is 0 Å². The van der Waals surface area contributed by atoms with Crippen LogP contribution in [0.1, 0.15) is 6.42 Å². The first-order chi connectivity index (χ1) is 5.47. The Hall–Kier alpha value is -0.640. The molecule has 0 radical (unpaired) electrons. The van der Waals surface area contributed by atoms with Crippen LogP contribution in [0.25, 0.3) is 0 Å². The van der Waals surface area contributed by atoms with E-state index in [0.717, 1.165) is 0 Å². The summed E-state index contributed by atoms with van der Waals surface area (Å²) in [5.74, 6) is -0.247. The molecule has 0 aliphatic carbocycles. The maximum absolute atomic E-state index is 10.8. The van der Waals surface area contributed by atoms with Crippen LogP contribution in [0.3, 0.4) is 0 Å². The highest BCUT2D eigenvalue weighted by Gasteiger charge is 2.37. The molecule has 12 heavy (non-hydrogen) atoms. The van der Waals surface area contributed by atoms with E-state index in [-0.39, 0.29) is 5.75 Å². The van der Waals surface area contributed by atoms with Crippen LogP contribution in [-0.4, -0.2) is 27.3 Å². The molecule has 5 nitrogen and oxygen atoms in total. The lowest BCUT2D eigenvalue weighted by Crippen LogP contribution is -2.34. The third-order valence-corrected chi connectivity index (χ3v) is 2.91. The number of sulfonamides is 1. The van der Waals surface area contributed by atoms with Gasteiger partial charge in [0.05, 0.1) is 17.2 Å². The standard InChI is InChI=1S/C6H11N3O2S/c7-3-6(1-2-9-4-6)5-12(8,10)11/h9H,1-2,4-5H2,(H2,8,10,11).